The van der Waals surface area contributed by atoms with E-state index in [1.165, 1.54) is 6.08 Å². The fourth-order valence-electron chi connectivity index (χ4n) is 3.12. The molecule has 2 aliphatic heterocycles. The summed E-state index contributed by atoms with van der Waals surface area (Å²) >= 11 is 12.0. The minimum absolute atomic E-state index is 0.164. The lowest BCUT2D eigenvalue weighted by Gasteiger charge is -2.34. The Balaban J connectivity index is 1.52. The van der Waals surface area contributed by atoms with Crippen LogP contribution < -0.4 is 0 Å². The third kappa shape index (κ3) is 4.72. The summed E-state index contributed by atoms with van der Waals surface area (Å²) < 4.78 is 0. The zero-order chi connectivity index (χ0) is 20.3. The molecule has 0 spiro atoms. The van der Waals surface area contributed by atoms with E-state index in [1.807, 2.05) is 0 Å². The molecule has 1 aromatic carbocycles. The van der Waals surface area contributed by atoms with Crippen LogP contribution in [0.2, 0.25) is 10.0 Å². The molecule has 2 fully saturated rings. The third-order valence-electron chi connectivity index (χ3n) is 4.76. The Labute approximate surface area is 172 Å². The average Bonchev–Trinajstić information content (AvgIpc) is 3.00. The number of carbonyl (C=O) groups is 4. The lowest BCUT2D eigenvalue weighted by molar-refractivity contribution is -0.146. The molecule has 7 nitrogen and oxygen atoms in total. The maximum atomic E-state index is 12.4. The molecule has 4 amide bonds. The molecule has 1 aromatic rings. The number of likely N-dealkylation sites (tertiary alicyclic amines) is 1. The van der Waals surface area contributed by atoms with Gasteiger partial charge in [0.25, 0.3) is 0 Å². The highest BCUT2D eigenvalue weighted by molar-refractivity contribution is 6.34. The second-order valence-corrected chi connectivity index (χ2v) is 7.42. The van der Waals surface area contributed by atoms with Crippen LogP contribution in [0, 0.1) is 0 Å². The van der Waals surface area contributed by atoms with Crippen LogP contribution in [-0.2, 0) is 19.2 Å². The summed E-state index contributed by atoms with van der Waals surface area (Å²) in [7, 11) is 0. The van der Waals surface area contributed by atoms with Crippen molar-refractivity contribution in [3.8, 4) is 0 Å². The van der Waals surface area contributed by atoms with Gasteiger partial charge in [-0.25, -0.2) is 0 Å². The first kappa shape index (κ1) is 20.4. The molecule has 0 N–H and O–H groups in total. The van der Waals surface area contributed by atoms with Crippen molar-refractivity contribution < 1.29 is 19.2 Å². The number of piperazine rings is 1. The van der Waals surface area contributed by atoms with E-state index in [0.717, 1.165) is 4.90 Å². The number of carbonyl (C=O) groups excluding carboxylic acids is 4. The van der Waals surface area contributed by atoms with Crippen molar-refractivity contribution in [3.05, 3.63) is 39.9 Å². The van der Waals surface area contributed by atoms with Crippen molar-refractivity contribution in [1.29, 1.82) is 0 Å². The van der Waals surface area contributed by atoms with Crippen LogP contribution in [0.25, 0.3) is 6.08 Å². The Kier molecular flexibility index (Phi) is 6.36. The summed E-state index contributed by atoms with van der Waals surface area (Å²) in [6.45, 7) is 1.23. The first-order valence-corrected chi connectivity index (χ1v) is 9.64. The van der Waals surface area contributed by atoms with Crippen LogP contribution in [0.5, 0.6) is 0 Å². The van der Waals surface area contributed by atoms with Crippen LogP contribution in [-0.4, -0.2) is 71.1 Å². The van der Waals surface area contributed by atoms with Gasteiger partial charge in [-0.1, -0.05) is 23.2 Å². The van der Waals surface area contributed by atoms with Gasteiger partial charge in [0.1, 0.15) is 6.54 Å². The summed E-state index contributed by atoms with van der Waals surface area (Å²) in [5.41, 5.74) is 0.649. The van der Waals surface area contributed by atoms with E-state index in [1.54, 1.807) is 34.1 Å². The van der Waals surface area contributed by atoms with Gasteiger partial charge in [0.15, 0.2) is 0 Å². The van der Waals surface area contributed by atoms with E-state index >= 15 is 0 Å². The first-order valence-electron chi connectivity index (χ1n) is 8.88. The second-order valence-electron chi connectivity index (χ2n) is 6.58. The number of rotatable bonds is 4. The van der Waals surface area contributed by atoms with Crippen LogP contribution in [0.15, 0.2) is 24.3 Å². The quantitative estimate of drug-likeness (QED) is 0.546. The molecule has 0 aliphatic carbocycles. The monoisotopic (exact) mass is 423 g/mol. The van der Waals surface area contributed by atoms with Gasteiger partial charge in [-0.15, -0.1) is 0 Å². The Morgan fingerprint density at radius 3 is 2.21 bits per heavy atom. The minimum atomic E-state index is -0.308. The normalized spacial score (nSPS) is 17.7. The molecule has 9 heteroatoms. The Bertz CT molecular complexity index is 832. The number of hydrogen-bond acceptors (Lipinski definition) is 4. The summed E-state index contributed by atoms with van der Waals surface area (Å²) in [6.07, 6.45) is 3.37. The van der Waals surface area contributed by atoms with Gasteiger partial charge in [-0.2, -0.15) is 0 Å². The summed E-state index contributed by atoms with van der Waals surface area (Å²) in [5.74, 6) is -1.08. The Morgan fingerprint density at radius 1 is 0.964 bits per heavy atom. The average molecular weight is 424 g/mol. The van der Waals surface area contributed by atoms with Gasteiger partial charge in [0, 0.05) is 55.1 Å². The van der Waals surface area contributed by atoms with E-state index < -0.39 is 0 Å². The van der Waals surface area contributed by atoms with Crippen LogP contribution in [0.3, 0.4) is 0 Å². The fraction of sp³-hybridized carbons (Fsp3) is 0.368. The highest BCUT2D eigenvalue weighted by atomic mass is 35.5. The van der Waals surface area contributed by atoms with Crippen molar-refractivity contribution in [2.75, 3.05) is 32.7 Å². The molecule has 148 valence electrons. The Morgan fingerprint density at radius 2 is 1.57 bits per heavy atom. The van der Waals surface area contributed by atoms with Crippen molar-refractivity contribution >= 4 is 52.9 Å². The minimum Gasteiger partial charge on any atom is -0.338 e. The predicted molar refractivity (Wildman–Crippen MR) is 105 cm³/mol. The molecule has 3 rings (SSSR count). The van der Waals surface area contributed by atoms with Crippen LogP contribution in [0.4, 0.5) is 0 Å². The molecule has 0 saturated carbocycles. The van der Waals surface area contributed by atoms with Gasteiger partial charge >= 0.3 is 0 Å². The van der Waals surface area contributed by atoms with Crippen molar-refractivity contribution in [3.63, 3.8) is 0 Å². The fourth-order valence-corrected chi connectivity index (χ4v) is 3.48. The van der Waals surface area contributed by atoms with Crippen molar-refractivity contribution in [1.82, 2.24) is 14.7 Å². The lowest BCUT2D eigenvalue weighted by Crippen LogP contribution is -2.52. The predicted octanol–water partition coefficient (Wildman–Crippen LogP) is 1.83. The molecule has 0 aromatic heterocycles. The van der Waals surface area contributed by atoms with Crippen LogP contribution >= 0.6 is 23.2 Å². The smallest absolute Gasteiger partial charge is 0.246 e. The second kappa shape index (κ2) is 8.75. The van der Waals surface area contributed by atoms with Gasteiger partial charge in [-0.05, 0) is 29.8 Å². The van der Waals surface area contributed by atoms with Crippen LogP contribution in [0.1, 0.15) is 18.4 Å². The van der Waals surface area contributed by atoms with E-state index in [-0.39, 0.29) is 43.0 Å². The van der Waals surface area contributed by atoms with E-state index in [2.05, 4.69) is 0 Å². The molecular weight excluding hydrogens is 405 g/mol. The van der Waals surface area contributed by atoms with Crippen molar-refractivity contribution in [2.24, 2.45) is 0 Å². The Hall–Kier alpha value is -2.38. The lowest BCUT2D eigenvalue weighted by atomic mass is 10.2. The standard InChI is InChI=1S/C19H19Cl2N3O4/c20-14-2-3-15(21)13(11-14)1-4-16(25)22-7-9-23(10-8-22)19(28)12-24-17(26)5-6-18(24)27/h1-4,11H,5-10,12H2/b4-1+. The first-order chi connectivity index (χ1) is 13.3. The van der Waals surface area contributed by atoms with Gasteiger partial charge in [0.2, 0.25) is 23.6 Å². The topological polar surface area (TPSA) is 78.0 Å². The zero-order valence-electron chi connectivity index (χ0n) is 15.1. The number of halogens is 2. The van der Waals surface area contributed by atoms with Gasteiger partial charge in [0.05, 0.1) is 0 Å². The highest BCUT2D eigenvalue weighted by Gasteiger charge is 2.32. The number of nitrogens with zero attached hydrogens (tertiary/aromatic N) is 3. The molecule has 0 unspecified atom stereocenters. The molecule has 0 radical (unpaired) electrons. The maximum Gasteiger partial charge on any atom is 0.246 e. The maximum absolute atomic E-state index is 12.4. The molecule has 2 aliphatic rings. The van der Waals surface area contributed by atoms with E-state index in [9.17, 15) is 19.2 Å². The molecule has 28 heavy (non-hydrogen) atoms. The molecule has 2 saturated heterocycles. The van der Waals surface area contributed by atoms with Gasteiger partial charge < -0.3 is 9.80 Å². The summed E-state index contributed by atoms with van der Waals surface area (Å²) in [6, 6.07) is 5.00. The SMILES string of the molecule is O=C(/C=C/c1cc(Cl)ccc1Cl)N1CCN(C(=O)CN2C(=O)CCC2=O)CC1. The molecule has 0 atom stereocenters. The zero-order valence-corrected chi connectivity index (χ0v) is 16.6. The third-order valence-corrected chi connectivity index (χ3v) is 5.34. The largest absolute Gasteiger partial charge is 0.338 e. The van der Waals surface area contributed by atoms with E-state index in [4.69, 9.17) is 23.2 Å². The highest BCUT2D eigenvalue weighted by Crippen LogP contribution is 2.22. The molecule has 0 bridgehead atoms. The number of benzene rings is 1. The molecular formula is C19H19Cl2N3O4. The number of amides is 4. The van der Waals surface area contributed by atoms with E-state index in [0.29, 0.717) is 41.8 Å². The van der Waals surface area contributed by atoms with Gasteiger partial charge in [-0.3, -0.25) is 24.1 Å². The number of hydrogen-bond donors (Lipinski definition) is 0. The summed E-state index contributed by atoms with van der Waals surface area (Å²) in [5, 5.41) is 1.02. The molecule has 2 heterocycles. The van der Waals surface area contributed by atoms with Crippen molar-refractivity contribution in [2.45, 2.75) is 12.8 Å². The number of imide groups is 1. The summed E-state index contributed by atoms with van der Waals surface area (Å²) in [4.78, 5) is 52.2.